The van der Waals surface area contributed by atoms with E-state index in [0.29, 0.717) is 18.5 Å². The molecule has 96 valence electrons. The molecule has 3 rings (SSSR count). The monoisotopic (exact) mass is 256 g/mol. The zero-order valence-corrected chi connectivity index (χ0v) is 10.3. The van der Waals surface area contributed by atoms with Crippen molar-refractivity contribution >= 4 is 11.3 Å². The summed E-state index contributed by atoms with van der Waals surface area (Å²) in [5.74, 6) is 0.517. The molecule has 0 aliphatic carbocycles. The second-order valence-corrected chi connectivity index (χ2v) is 4.42. The van der Waals surface area contributed by atoms with Crippen LogP contribution in [0.15, 0.2) is 42.6 Å². The highest BCUT2D eigenvalue weighted by Crippen LogP contribution is 2.10. The summed E-state index contributed by atoms with van der Waals surface area (Å²) in [7, 11) is 0. The fourth-order valence-corrected chi connectivity index (χ4v) is 2.00. The van der Waals surface area contributed by atoms with Crippen LogP contribution >= 0.6 is 0 Å². The maximum absolute atomic E-state index is 13.1. The van der Waals surface area contributed by atoms with Gasteiger partial charge in [0.15, 0.2) is 11.5 Å². The van der Waals surface area contributed by atoms with Gasteiger partial charge in [0.1, 0.15) is 5.82 Å². The molecule has 3 aromatic rings. The number of pyridine rings is 1. The van der Waals surface area contributed by atoms with Crippen LogP contribution in [-0.2, 0) is 12.8 Å². The summed E-state index contributed by atoms with van der Waals surface area (Å²) in [6, 6.07) is 10.1. The summed E-state index contributed by atoms with van der Waals surface area (Å²) in [5, 5.41) is 4.35. The first-order valence-corrected chi connectivity index (χ1v) is 6.06. The second-order valence-electron chi connectivity index (χ2n) is 4.42. The first-order chi connectivity index (χ1) is 9.20. The lowest BCUT2D eigenvalue weighted by Gasteiger charge is -1.98. The lowest BCUT2D eigenvalue weighted by atomic mass is 10.1. The number of rotatable bonds is 3. The number of nitrogens with zero attached hydrogens (tertiary/aromatic N) is 3. The van der Waals surface area contributed by atoms with Gasteiger partial charge in [0, 0.05) is 24.4 Å². The smallest absolute Gasteiger partial charge is 0.157 e. The van der Waals surface area contributed by atoms with E-state index >= 15 is 0 Å². The molecule has 0 unspecified atom stereocenters. The van der Waals surface area contributed by atoms with Crippen LogP contribution in [0.25, 0.3) is 5.65 Å². The van der Waals surface area contributed by atoms with E-state index in [-0.39, 0.29) is 5.82 Å². The molecular weight excluding hydrogens is 243 g/mol. The van der Waals surface area contributed by atoms with Gasteiger partial charge in [-0.1, -0.05) is 12.1 Å². The van der Waals surface area contributed by atoms with Crippen LogP contribution in [-0.4, -0.2) is 14.6 Å². The fourth-order valence-electron chi connectivity index (χ4n) is 2.00. The van der Waals surface area contributed by atoms with Crippen molar-refractivity contribution in [3.63, 3.8) is 0 Å². The number of nitrogen functional groups attached to an aromatic ring is 1. The van der Waals surface area contributed by atoms with E-state index in [1.165, 1.54) is 12.1 Å². The molecule has 2 aromatic heterocycles. The van der Waals surface area contributed by atoms with E-state index in [0.717, 1.165) is 17.0 Å². The van der Waals surface area contributed by atoms with Gasteiger partial charge in [0.05, 0.1) is 0 Å². The Morgan fingerprint density at radius 3 is 2.89 bits per heavy atom. The minimum Gasteiger partial charge on any atom is -0.399 e. The van der Waals surface area contributed by atoms with Crippen LogP contribution in [0.4, 0.5) is 10.1 Å². The summed E-state index contributed by atoms with van der Waals surface area (Å²) < 4.78 is 14.7. The van der Waals surface area contributed by atoms with Crippen LogP contribution < -0.4 is 5.73 Å². The zero-order valence-electron chi connectivity index (χ0n) is 10.3. The van der Waals surface area contributed by atoms with E-state index < -0.39 is 0 Å². The topological polar surface area (TPSA) is 56.2 Å². The first kappa shape index (κ1) is 11.6. The molecule has 0 radical (unpaired) electrons. The SMILES string of the molecule is Nc1ccn2nc(CCc3cccc(F)c3)nc2c1. The van der Waals surface area contributed by atoms with Crippen molar-refractivity contribution in [1.29, 1.82) is 0 Å². The molecule has 19 heavy (non-hydrogen) atoms. The Balaban J connectivity index is 1.78. The Kier molecular flexibility index (Phi) is 2.87. The normalized spacial score (nSPS) is 11.0. The first-order valence-electron chi connectivity index (χ1n) is 6.06. The van der Waals surface area contributed by atoms with Crippen molar-refractivity contribution in [3.8, 4) is 0 Å². The lowest BCUT2D eigenvalue weighted by Crippen LogP contribution is -1.95. The van der Waals surface area contributed by atoms with Crippen molar-refractivity contribution in [2.75, 3.05) is 5.73 Å². The van der Waals surface area contributed by atoms with E-state index in [9.17, 15) is 4.39 Å². The van der Waals surface area contributed by atoms with Gasteiger partial charge in [-0.3, -0.25) is 0 Å². The highest BCUT2D eigenvalue weighted by Gasteiger charge is 2.04. The lowest BCUT2D eigenvalue weighted by molar-refractivity contribution is 0.625. The number of halogens is 1. The van der Waals surface area contributed by atoms with E-state index in [1.807, 2.05) is 6.07 Å². The van der Waals surface area contributed by atoms with Crippen molar-refractivity contribution < 1.29 is 4.39 Å². The second kappa shape index (κ2) is 4.68. The molecule has 5 heteroatoms. The third-order valence-electron chi connectivity index (χ3n) is 2.93. The quantitative estimate of drug-likeness (QED) is 0.781. The molecule has 1 aromatic carbocycles. The predicted octanol–water partition coefficient (Wildman–Crippen LogP) is 2.24. The van der Waals surface area contributed by atoms with E-state index in [2.05, 4.69) is 10.1 Å². The maximum Gasteiger partial charge on any atom is 0.157 e. The number of benzene rings is 1. The summed E-state index contributed by atoms with van der Waals surface area (Å²) >= 11 is 0. The largest absolute Gasteiger partial charge is 0.399 e. The highest BCUT2D eigenvalue weighted by molar-refractivity contribution is 5.50. The van der Waals surface area contributed by atoms with Crippen LogP contribution in [0.2, 0.25) is 0 Å². The summed E-state index contributed by atoms with van der Waals surface area (Å²) in [6.45, 7) is 0. The molecule has 0 fully saturated rings. The molecule has 2 N–H and O–H groups in total. The summed E-state index contributed by atoms with van der Waals surface area (Å²) in [6.07, 6.45) is 3.17. The predicted molar refractivity (Wildman–Crippen MR) is 71.2 cm³/mol. The summed E-state index contributed by atoms with van der Waals surface area (Å²) in [5.41, 5.74) is 8.03. The van der Waals surface area contributed by atoms with Crippen molar-refractivity contribution in [2.45, 2.75) is 12.8 Å². The number of hydrogen-bond acceptors (Lipinski definition) is 3. The van der Waals surface area contributed by atoms with Crippen LogP contribution in [0.3, 0.4) is 0 Å². The number of anilines is 1. The summed E-state index contributed by atoms with van der Waals surface area (Å²) in [4.78, 5) is 4.39. The minimum atomic E-state index is -0.215. The molecule has 2 heterocycles. The van der Waals surface area contributed by atoms with Gasteiger partial charge in [0.2, 0.25) is 0 Å². The Morgan fingerprint density at radius 1 is 1.16 bits per heavy atom. The van der Waals surface area contributed by atoms with Crippen molar-refractivity contribution in [1.82, 2.24) is 14.6 Å². The highest BCUT2D eigenvalue weighted by atomic mass is 19.1. The fraction of sp³-hybridized carbons (Fsp3) is 0.143. The van der Waals surface area contributed by atoms with Gasteiger partial charge >= 0.3 is 0 Å². The molecule has 0 amide bonds. The molecule has 0 saturated carbocycles. The van der Waals surface area contributed by atoms with Gasteiger partial charge < -0.3 is 5.73 Å². The van der Waals surface area contributed by atoms with Crippen molar-refractivity contribution in [2.24, 2.45) is 0 Å². The standard InChI is InChI=1S/C14H13FN4/c15-11-3-1-2-10(8-11)4-5-13-17-14-9-12(16)6-7-19(14)18-13/h1-3,6-9H,4-5,16H2. The third-order valence-corrected chi connectivity index (χ3v) is 2.93. The van der Waals surface area contributed by atoms with Gasteiger partial charge in [-0.15, -0.1) is 0 Å². The van der Waals surface area contributed by atoms with E-state index in [4.69, 9.17) is 5.73 Å². The number of aromatic nitrogens is 3. The van der Waals surface area contributed by atoms with Crippen LogP contribution in [0.5, 0.6) is 0 Å². The molecule has 0 spiro atoms. The Labute approximate surface area is 109 Å². The molecule has 0 aliphatic heterocycles. The van der Waals surface area contributed by atoms with Crippen LogP contribution in [0.1, 0.15) is 11.4 Å². The number of nitrogens with two attached hydrogens (primary N) is 1. The van der Waals surface area contributed by atoms with E-state index in [1.54, 1.807) is 28.9 Å². The average molecular weight is 256 g/mol. The molecular formula is C14H13FN4. The molecule has 0 aliphatic rings. The Bertz CT molecular complexity index is 720. The molecule has 0 bridgehead atoms. The van der Waals surface area contributed by atoms with Gasteiger partial charge in [0.25, 0.3) is 0 Å². The number of fused-ring (bicyclic) bond motifs is 1. The number of aryl methyl sites for hydroxylation is 2. The average Bonchev–Trinajstić information content (AvgIpc) is 2.78. The third kappa shape index (κ3) is 2.54. The zero-order chi connectivity index (χ0) is 13.2. The molecule has 0 atom stereocenters. The Morgan fingerprint density at radius 2 is 2.05 bits per heavy atom. The number of hydrogen-bond donors (Lipinski definition) is 1. The maximum atomic E-state index is 13.1. The van der Waals surface area contributed by atoms with Crippen molar-refractivity contribution in [3.05, 3.63) is 59.8 Å². The Hall–Kier alpha value is -2.43. The van der Waals surface area contributed by atoms with Gasteiger partial charge in [-0.2, -0.15) is 5.10 Å². The molecule has 0 saturated heterocycles. The minimum absolute atomic E-state index is 0.215. The van der Waals surface area contributed by atoms with Gasteiger partial charge in [-0.25, -0.2) is 13.9 Å². The van der Waals surface area contributed by atoms with Crippen LogP contribution in [0, 0.1) is 5.82 Å². The van der Waals surface area contributed by atoms with Gasteiger partial charge in [-0.05, 0) is 30.2 Å². The molecule has 4 nitrogen and oxygen atoms in total.